The third-order valence-electron chi connectivity index (χ3n) is 4.05. The van der Waals surface area contributed by atoms with E-state index in [0.717, 1.165) is 0 Å². The van der Waals surface area contributed by atoms with Crippen LogP contribution >= 0.6 is 11.8 Å². The second kappa shape index (κ2) is 9.13. The van der Waals surface area contributed by atoms with Crippen molar-refractivity contribution in [2.45, 2.75) is 60.0 Å². The van der Waals surface area contributed by atoms with Gasteiger partial charge < -0.3 is 5.11 Å². The van der Waals surface area contributed by atoms with Crippen LogP contribution in [0.5, 0.6) is 0 Å². The first-order chi connectivity index (χ1) is 14.6. The zero-order valence-electron chi connectivity index (χ0n) is 15.4. The minimum atomic E-state index is -8.99. The van der Waals surface area contributed by atoms with Crippen molar-refractivity contribution in [1.82, 2.24) is 0 Å². The minimum absolute atomic E-state index is 0.0695. The summed E-state index contributed by atoms with van der Waals surface area (Å²) in [7, 11) is 0. The lowest BCUT2D eigenvalue weighted by Gasteiger charge is -2.45. The van der Waals surface area contributed by atoms with Crippen molar-refractivity contribution in [3.8, 4) is 0 Å². The van der Waals surface area contributed by atoms with Crippen LogP contribution in [0, 0.1) is 0 Å². The zero-order valence-corrected chi connectivity index (χ0v) is 16.2. The summed E-state index contributed by atoms with van der Waals surface area (Å²) in [6.07, 6.45) is -19.2. The number of halogens is 19. The summed E-state index contributed by atoms with van der Waals surface area (Å²) in [4.78, 5) is 0. The van der Waals surface area contributed by atoms with Crippen molar-refractivity contribution >= 4 is 11.8 Å². The standard InChI is InChI=1S/C13H9F19OS/c14-5(15,1-3-34-4-2-33)7(17,18)9(21,22)11(25,26)10(23,24)8(19,20)6(16,12(27,28)29)13(30,31)32/h33H,1-4H2. The van der Waals surface area contributed by atoms with Crippen molar-refractivity contribution in [2.75, 3.05) is 18.1 Å². The molecule has 0 aromatic rings. The average Bonchev–Trinajstić information content (AvgIpc) is 2.61. The molecule has 0 radical (unpaired) electrons. The predicted octanol–water partition coefficient (Wildman–Crippen LogP) is 6.75. The maximum Gasteiger partial charge on any atom is 0.438 e. The fourth-order valence-corrected chi connectivity index (χ4v) is 2.81. The van der Waals surface area contributed by atoms with Crippen LogP contribution < -0.4 is 0 Å². The molecule has 34 heavy (non-hydrogen) atoms. The predicted molar refractivity (Wildman–Crippen MR) is 74.7 cm³/mol. The summed E-state index contributed by atoms with van der Waals surface area (Å²) < 4.78 is 249. The van der Waals surface area contributed by atoms with Crippen LogP contribution in [0.15, 0.2) is 0 Å². The van der Waals surface area contributed by atoms with E-state index in [-0.39, 0.29) is 11.8 Å². The van der Waals surface area contributed by atoms with Crippen LogP contribution in [0.4, 0.5) is 83.4 Å². The van der Waals surface area contributed by atoms with E-state index in [2.05, 4.69) is 0 Å². The molecule has 0 aliphatic heterocycles. The molecule has 0 unspecified atom stereocenters. The van der Waals surface area contributed by atoms with Gasteiger partial charge in [-0.05, 0) is 5.75 Å². The molecule has 206 valence electrons. The molecular weight excluding hydrogens is 565 g/mol. The SMILES string of the molecule is OCCSCCC(F)(F)C(F)(F)C(F)(F)C(F)(F)C(F)(F)C(F)(F)C(F)(C(F)(F)F)C(F)(F)F. The maximum atomic E-state index is 13.5. The van der Waals surface area contributed by atoms with Crippen molar-refractivity contribution in [3.63, 3.8) is 0 Å². The molecule has 1 nitrogen and oxygen atoms in total. The smallest absolute Gasteiger partial charge is 0.396 e. The van der Waals surface area contributed by atoms with Gasteiger partial charge in [-0.2, -0.15) is 90.8 Å². The highest BCUT2D eigenvalue weighted by atomic mass is 32.2. The van der Waals surface area contributed by atoms with E-state index in [1.165, 1.54) is 0 Å². The minimum Gasteiger partial charge on any atom is -0.396 e. The van der Waals surface area contributed by atoms with E-state index in [1.807, 2.05) is 0 Å². The fraction of sp³-hybridized carbons (Fsp3) is 1.00. The first-order valence-electron chi connectivity index (χ1n) is 7.84. The van der Waals surface area contributed by atoms with Crippen molar-refractivity contribution < 1.29 is 88.5 Å². The highest BCUT2D eigenvalue weighted by Gasteiger charge is 2.98. The summed E-state index contributed by atoms with van der Waals surface area (Å²) >= 11 is 0.0695. The van der Waals surface area contributed by atoms with E-state index in [9.17, 15) is 83.4 Å². The molecule has 0 heterocycles. The lowest BCUT2D eigenvalue weighted by molar-refractivity contribution is -0.472. The number of rotatable bonds is 11. The molecule has 21 heteroatoms. The number of thioether (sulfide) groups is 1. The summed E-state index contributed by atoms with van der Waals surface area (Å²) in [5.41, 5.74) is -8.73. The highest BCUT2D eigenvalue weighted by molar-refractivity contribution is 7.99. The Morgan fingerprint density at radius 2 is 0.765 bits per heavy atom. The van der Waals surface area contributed by atoms with E-state index in [1.54, 1.807) is 0 Å². The molecule has 0 bridgehead atoms. The lowest BCUT2D eigenvalue weighted by Crippen LogP contribution is -2.77. The molecule has 0 spiro atoms. The van der Waals surface area contributed by atoms with Crippen LogP contribution in [0.25, 0.3) is 0 Å². The quantitative estimate of drug-likeness (QED) is 0.218. The van der Waals surface area contributed by atoms with Gasteiger partial charge in [0.2, 0.25) is 0 Å². The van der Waals surface area contributed by atoms with Crippen molar-refractivity contribution in [1.29, 1.82) is 0 Å². The number of hydrogen-bond donors (Lipinski definition) is 1. The van der Waals surface area contributed by atoms with Gasteiger partial charge in [0.15, 0.2) is 0 Å². The lowest BCUT2D eigenvalue weighted by atomic mass is 9.83. The summed E-state index contributed by atoms with van der Waals surface area (Å²) in [5.74, 6) is -51.6. The highest BCUT2D eigenvalue weighted by Crippen LogP contribution is 2.66. The third kappa shape index (κ3) is 4.58. The Bertz CT molecular complexity index is 679. The van der Waals surface area contributed by atoms with Crippen LogP contribution in [0.3, 0.4) is 0 Å². The summed E-state index contributed by atoms with van der Waals surface area (Å²) in [6.45, 7) is -0.828. The van der Waals surface area contributed by atoms with Gasteiger partial charge in [-0.1, -0.05) is 0 Å². The Balaban J connectivity index is 6.76. The Labute approximate surface area is 179 Å². The van der Waals surface area contributed by atoms with Crippen LogP contribution in [-0.2, 0) is 0 Å². The van der Waals surface area contributed by atoms with Crippen LogP contribution in [-0.4, -0.2) is 76.8 Å². The van der Waals surface area contributed by atoms with Gasteiger partial charge in [-0.15, -0.1) is 0 Å². The second-order valence-electron chi connectivity index (χ2n) is 6.32. The average molecular weight is 574 g/mol. The summed E-state index contributed by atoms with van der Waals surface area (Å²) in [6, 6.07) is 0. The third-order valence-corrected chi connectivity index (χ3v) is 5.01. The van der Waals surface area contributed by atoms with Gasteiger partial charge in [0.25, 0.3) is 0 Å². The van der Waals surface area contributed by atoms with Gasteiger partial charge in [0.05, 0.1) is 6.61 Å². The zero-order chi connectivity index (χ0) is 28.0. The Morgan fingerprint density at radius 1 is 0.441 bits per heavy atom. The molecule has 0 aromatic carbocycles. The first-order valence-corrected chi connectivity index (χ1v) is 8.99. The molecular formula is C13H9F19OS. The second-order valence-corrected chi connectivity index (χ2v) is 7.54. The molecule has 0 aliphatic rings. The first kappa shape index (κ1) is 33.0. The van der Waals surface area contributed by atoms with Gasteiger partial charge in [-0.25, -0.2) is 4.39 Å². The fourth-order valence-electron chi connectivity index (χ4n) is 2.08. The van der Waals surface area contributed by atoms with Crippen molar-refractivity contribution in [3.05, 3.63) is 0 Å². The topological polar surface area (TPSA) is 20.2 Å². The molecule has 0 rings (SSSR count). The van der Waals surface area contributed by atoms with Crippen LogP contribution in [0.2, 0.25) is 0 Å². The van der Waals surface area contributed by atoms with E-state index in [0.29, 0.717) is 0 Å². The Morgan fingerprint density at radius 3 is 1.09 bits per heavy atom. The van der Waals surface area contributed by atoms with Gasteiger partial charge >= 0.3 is 53.6 Å². The molecule has 0 aromatic heterocycles. The molecule has 0 saturated heterocycles. The molecule has 0 saturated carbocycles. The summed E-state index contributed by atoms with van der Waals surface area (Å²) in [5, 5.41) is 8.32. The van der Waals surface area contributed by atoms with Crippen molar-refractivity contribution in [2.24, 2.45) is 0 Å². The molecule has 0 aliphatic carbocycles. The number of alkyl halides is 19. The normalized spacial score (nSPS) is 16.2. The van der Waals surface area contributed by atoms with Crippen LogP contribution in [0.1, 0.15) is 6.42 Å². The monoisotopic (exact) mass is 574 g/mol. The van der Waals surface area contributed by atoms with Gasteiger partial charge in [0, 0.05) is 12.2 Å². The van der Waals surface area contributed by atoms with Gasteiger partial charge in [0.1, 0.15) is 0 Å². The largest absolute Gasteiger partial charge is 0.438 e. The number of hydrogen-bond acceptors (Lipinski definition) is 2. The van der Waals surface area contributed by atoms with E-state index in [4.69, 9.17) is 5.11 Å². The molecule has 0 amide bonds. The number of aliphatic hydroxyl groups excluding tert-OH is 1. The molecule has 0 fully saturated rings. The number of aliphatic hydroxyl groups is 1. The van der Waals surface area contributed by atoms with E-state index >= 15 is 0 Å². The van der Waals surface area contributed by atoms with E-state index < -0.39 is 78.1 Å². The Hall–Kier alpha value is -1.02. The Kier molecular flexibility index (Phi) is 8.86. The molecule has 1 N–H and O–H groups in total. The van der Waals surface area contributed by atoms with Gasteiger partial charge in [-0.3, -0.25) is 0 Å². The maximum absolute atomic E-state index is 13.5. The molecule has 0 atom stereocenters.